The summed E-state index contributed by atoms with van der Waals surface area (Å²) < 4.78 is 18.2. The number of amides is 1. The number of hydrogen-bond donors (Lipinski definition) is 0. The number of halogens is 1. The lowest BCUT2D eigenvalue weighted by atomic mass is 10.2. The number of hydrogen-bond acceptors (Lipinski definition) is 5. The maximum absolute atomic E-state index is 13.0. The molecular weight excluding hydrogens is 323 g/mol. The first-order chi connectivity index (χ1) is 12.2. The van der Waals surface area contributed by atoms with Gasteiger partial charge < -0.3 is 9.42 Å². The van der Waals surface area contributed by atoms with Crippen LogP contribution in [-0.2, 0) is 11.2 Å². The number of pyridine rings is 1. The van der Waals surface area contributed by atoms with Crippen LogP contribution in [-0.4, -0.2) is 27.6 Å². The molecule has 2 aromatic heterocycles. The fraction of sp³-hybridized carbons (Fsp3) is 0.222. The summed E-state index contributed by atoms with van der Waals surface area (Å²) in [6.07, 6.45) is 3.87. The normalized spacial score (nSPS) is 10.6. The van der Waals surface area contributed by atoms with E-state index in [0.29, 0.717) is 30.4 Å². The van der Waals surface area contributed by atoms with Gasteiger partial charge in [-0.2, -0.15) is 4.98 Å². The molecule has 6 nitrogen and oxygen atoms in total. The number of carbonyl (C=O) groups excluding carboxylic acids is 1. The van der Waals surface area contributed by atoms with Crippen molar-refractivity contribution < 1.29 is 13.7 Å². The second-order valence-electron chi connectivity index (χ2n) is 5.36. The summed E-state index contributed by atoms with van der Waals surface area (Å²) in [6, 6.07) is 9.42. The average molecular weight is 340 g/mol. The molecule has 1 aromatic carbocycles. The Morgan fingerprint density at radius 3 is 2.56 bits per heavy atom. The van der Waals surface area contributed by atoms with E-state index in [1.807, 2.05) is 6.92 Å². The predicted molar refractivity (Wildman–Crippen MR) is 90.3 cm³/mol. The van der Waals surface area contributed by atoms with Crippen molar-refractivity contribution in [3.63, 3.8) is 0 Å². The summed E-state index contributed by atoms with van der Waals surface area (Å²) in [4.78, 5) is 22.3. The van der Waals surface area contributed by atoms with Gasteiger partial charge in [0, 0.05) is 43.0 Å². The molecule has 0 spiro atoms. The zero-order valence-corrected chi connectivity index (χ0v) is 13.7. The number of aromatic nitrogens is 3. The lowest BCUT2D eigenvalue weighted by molar-refractivity contribution is -0.118. The molecule has 3 rings (SSSR count). The van der Waals surface area contributed by atoms with Crippen LogP contribution in [0.5, 0.6) is 0 Å². The highest BCUT2D eigenvalue weighted by molar-refractivity contribution is 5.93. The van der Waals surface area contributed by atoms with Gasteiger partial charge in [-0.25, -0.2) is 4.39 Å². The third kappa shape index (κ3) is 4.06. The molecule has 7 heteroatoms. The Morgan fingerprint density at radius 1 is 1.16 bits per heavy atom. The third-order valence-electron chi connectivity index (χ3n) is 3.71. The number of nitrogens with zero attached hydrogens (tertiary/aromatic N) is 4. The van der Waals surface area contributed by atoms with E-state index >= 15 is 0 Å². The minimum absolute atomic E-state index is 0.0854. The van der Waals surface area contributed by atoms with Gasteiger partial charge in [0.05, 0.1) is 0 Å². The van der Waals surface area contributed by atoms with Crippen molar-refractivity contribution in [2.24, 2.45) is 0 Å². The summed E-state index contributed by atoms with van der Waals surface area (Å²) in [5, 5.41) is 3.92. The third-order valence-corrected chi connectivity index (χ3v) is 3.71. The predicted octanol–water partition coefficient (Wildman–Crippen LogP) is 3.26. The van der Waals surface area contributed by atoms with Crippen LogP contribution in [0.4, 0.5) is 10.1 Å². The van der Waals surface area contributed by atoms with Crippen molar-refractivity contribution in [2.45, 2.75) is 19.8 Å². The number of carbonyl (C=O) groups is 1. The molecule has 0 saturated carbocycles. The highest BCUT2D eigenvalue weighted by atomic mass is 19.1. The topological polar surface area (TPSA) is 72.1 Å². The standard InChI is InChI=1S/C18H17FN4O2/c1-2-23(15-5-3-14(19)4-6-15)17(24)8-7-16-21-18(22-25-16)13-9-11-20-12-10-13/h3-6,9-12H,2,7-8H2,1H3. The van der Waals surface area contributed by atoms with E-state index in [1.165, 1.54) is 12.1 Å². The first kappa shape index (κ1) is 16.8. The minimum Gasteiger partial charge on any atom is -0.339 e. The quantitative estimate of drug-likeness (QED) is 0.689. The maximum atomic E-state index is 13.0. The molecule has 0 saturated heterocycles. The molecule has 128 valence electrons. The molecule has 0 atom stereocenters. The van der Waals surface area contributed by atoms with E-state index in [2.05, 4.69) is 15.1 Å². The fourth-order valence-electron chi connectivity index (χ4n) is 2.45. The van der Waals surface area contributed by atoms with Gasteiger partial charge in [0.25, 0.3) is 0 Å². The van der Waals surface area contributed by atoms with Gasteiger partial charge in [-0.05, 0) is 43.3 Å². The lowest BCUT2D eigenvalue weighted by Gasteiger charge is -2.20. The zero-order valence-electron chi connectivity index (χ0n) is 13.7. The van der Waals surface area contributed by atoms with Crippen molar-refractivity contribution in [2.75, 3.05) is 11.4 Å². The monoisotopic (exact) mass is 340 g/mol. The fourth-order valence-corrected chi connectivity index (χ4v) is 2.45. The van der Waals surface area contributed by atoms with E-state index in [-0.39, 0.29) is 18.1 Å². The van der Waals surface area contributed by atoms with Gasteiger partial charge in [-0.1, -0.05) is 5.16 Å². The number of aryl methyl sites for hydroxylation is 1. The Bertz CT molecular complexity index is 834. The summed E-state index contributed by atoms with van der Waals surface area (Å²) in [6.45, 7) is 2.37. The molecule has 0 bridgehead atoms. The van der Waals surface area contributed by atoms with Crippen LogP contribution in [0.25, 0.3) is 11.4 Å². The van der Waals surface area contributed by atoms with Gasteiger partial charge >= 0.3 is 0 Å². The van der Waals surface area contributed by atoms with Gasteiger partial charge in [0.2, 0.25) is 17.6 Å². The van der Waals surface area contributed by atoms with Gasteiger partial charge in [-0.15, -0.1) is 0 Å². The SMILES string of the molecule is CCN(C(=O)CCc1nc(-c2ccncc2)no1)c1ccc(F)cc1. The first-order valence-corrected chi connectivity index (χ1v) is 7.96. The summed E-state index contributed by atoms with van der Waals surface area (Å²) >= 11 is 0. The van der Waals surface area contributed by atoms with Crippen LogP contribution in [0.3, 0.4) is 0 Å². The Labute approximate surface area is 144 Å². The number of rotatable bonds is 6. The molecule has 2 heterocycles. The summed E-state index contributed by atoms with van der Waals surface area (Å²) in [5.41, 5.74) is 1.47. The minimum atomic E-state index is -0.332. The van der Waals surface area contributed by atoms with Crippen molar-refractivity contribution >= 4 is 11.6 Å². The van der Waals surface area contributed by atoms with Crippen molar-refractivity contribution in [1.29, 1.82) is 0 Å². The molecule has 0 aliphatic heterocycles. The molecule has 0 aliphatic rings. The zero-order chi connectivity index (χ0) is 17.6. The molecule has 0 N–H and O–H groups in total. The van der Waals surface area contributed by atoms with E-state index in [0.717, 1.165) is 5.56 Å². The second-order valence-corrected chi connectivity index (χ2v) is 5.36. The number of benzene rings is 1. The number of anilines is 1. The van der Waals surface area contributed by atoms with Crippen LogP contribution in [0.1, 0.15) is 19.2 Å². The Morgan fingerprint density at radius 2 is 1.88 bits per heavy atom. The van der Waals surface area contributed by atoms with E-state index in [9.17, 15) is 9.18 Å². The molecule has 0 fully saturated rings. The van der Waals surface area contributed by atoms with Crippen LogP contribution >= 0.6 is 0 Å². The van der Waals surface area contributed by atoms with Gasteiger partial charge in [-0.3, -0.25) is 9.78 Å². The molecule has 0 unspecified atom stereocenters. The van der Waals surface area contributed by atoms with Crippen LogP contribution in [0, 0.1) is 5.82 Å². The largest absolute Gasteiger partial charge is 0.339 e. The average Bonchev–Trinajstić information content (AvgIpc) is 3.12. The Hall–Kier alpha value is -3.09. The maximum Gasteiger partial charge on any atom is 0.227 e. The Kier molecular flexibility index (Phi) is 5.13. The highest BCUT2D eigenvalue weighted by Gasteiger charge is 2.16. The lowest BCUT2D eigenvalue weighted by Crippen LogP contribution is -2.30. The van der Waals surface area contributed by atoms with Crippen molar-refractivity contribution in [1.82, 2.24) is 15.1 Å². The van der Waals surface area contributed by atoms with E-state index in [1.54, 1.807) is 41.6 Å². The molecular formula is C18H17FN4O2. The smallest absolute Gasteiger partial charge is 0.227 e. The van der Waals surface area contributed by atoms with Crippen molar-refractivity contribution in [3.8, 4) is 11.4 Å². The van der Waals surface area contributed by atoms with Crippen LogP contribution in [0.2, 0.25) is 0 Å². The summed E-state index contributed by atoms with van der Waals surface area (Å²) in [5.74, 6) is 0.450. The van der Waals surface area contributed by atoms with E-state index < -0.39 is 0 Å². The van der Waals surface area contributed by atoms with Gasteiger partial charge in [0.1, 0.15) is 5.82 Å². The Balaban J connectivity index is 1.63. The van der Waals surface area contributed by atoms with Gasteiger partial charge in [0.15, 0.2) is 0 Å². The first-order valence-electron chi connectivity index (χ1n) is 7.96. The molecule has 0 radical (unpaired) electrons. The van der Waals surface area contributed by atoms with Crippen LogP contribution < -0.4 is 4.90 Å². The molecule has 1 amide bonds. The second kappa shape index (κ2) is 7.65. The van der Waals surface area contributed by atoms with Crippen LogP contribution in [0.15, 0.2) is 53.3 Å². The van der Waals surface area contributed by atoms with Crippen molar-refractivity contribution in [3.05, 3.63) is 60.5 Å². The van der Waals surface area contributed by atoms with E-state index in [4.69, 9.17) is 4.52 Å². The molecule has 3 aromatic rings. The molecule has 0 aliphatic carbocycles. The highest BCUT2D eigenvalue weighted by Crippen LogP contribution is 2.18. The molecule has 25 heavy (non-hydrogen) atoms. The summed E-state index contributed by atoms with van der Waals surface area (Å²) in [7, 11) is 0.